The van der Waals surface area contributed by atoms with Gasteiger partial charge in [0.15, 0.2) is 0 Å². The molecular weight excluding hydrogens is 418 g/mol. The van der Waals surface area contributed by atoms with Gasteiger partial charge in [-0.25, -0.2) is 9.78 Å². The molecule has 2 heterocycles. The topological polar surface area (TPSA) is 96.3 Å². The van der Waals surface area contributed by atoms with Crippen molar-refractivity contribution in [1.82, 2.24) is 25.3 Å². The number of hydrazine groups is 1. The number of rotatable bonds is 5. The van der Waals surface area contributed by atoms with Crippen LogP contribution in [0, 0.1) is 0 Å². The molecule has 1 aliphatic rings. The number of hydrogen-bond acceptors (Lipinski definition) is 4. The highest BCUT2D eigenvalue weighted by atomic mass is 16.2. The molecule has 5 rings (SSSR count). The first-order chi connectivity index (χ1) is 16.0. The van der Waals surface area contributed by atoms with Gasteiger partial charge in [-0.2, -0.15) is 5.01 Å². The Hall–Kier alpha value is -4.46. The number of benzene rings is 3. The summed E-state index contributed by atoms with van der Waals surface area (Å²) in [7, 11) is 0. The predicted octanol–water partition coefficient (Wildman–Crippen LogP) is 3.53. The summed E-state index contributed by atoms with van der Waals surface area (Å²) in [6.45, 7) is 1.81. The van der Waals surface area contributed by atoms with E-state index in [9.17, 15) is 14.4 Å². The zero-order valence-corrected chi connectivity index (χ0v) is 17.9. The van der Waals surface area contributed by atoms with Crippen molar-refractivity contribution in [2.45, 2.75) is 18.9 Å². The van der Waals surface area contributed by atoms with Crippen molar-refractivity contribution in [3.8, 4) is 5.69 Å². The van der Waals surface area contributed by atoms with Crippen LogP contribution in [0.25, 0.3) is 16.7 Å². The summed E-state index contributed by atoms with van der Waals surface area (Å²) in [6.07, 6.45) is 2.07. The second-order valence-corrected chi connectivity index (χ2v) is 7.79. The van der Waals surface area contributed by atoms with Gasteiger partial charge in [-0.05, 0) is 48.4 Å². The second kappa shape index (κ2) is 7.90. The zero-order valence-electron chi connectivity index (χ0n) is 17.9. The third-order valence-electron chi connectivity index (χ3n) is 5.96. The lowest BCUT2D eigenvalue weighted by molar-refractivity contribution is -0.133. The summed E-state index contributed by atoms with van der Waals surface area (Å²) in [5, 5.41) is 3.51. The van der Waals surface area contributed by atoms with Gasteiger partial charge in [0.2, 0.25) is 0 Å². The van der Waals surface area contributed by atoms with Crippen molar-refractivity contribution in [3.63, 3.8) is 0 Å². The largest absolute Gasteiger partial charge is 0.344 e. The zero-order chi connectivity index (χ0) is 23.0. The van der Waals surface area contributed by atoms with Crippen LogP contribution < -0.4 is 10.7 Å². The molecule has 0 unspecified atom stereocenters. The smallest absolute Gasteiger partial charge is 0.318 e. The third-order valence-corrected chi connectivity index (χ3v) is 5.96. The number of carbonyl (C=O) groups is 3. The van der Waals surface area contributed by atoms with Crippen LogP contribution in [-0.4, -0.2) is 32.4 Å². The average molecular weight is 439 g/mol. The third kappa shape index (κ3) is 3.32. The second-order valence-electron chi connectivity index (χ2n) is 7.79. The number of hydrogen-bond donors (Lipinski definition) is 2. The monoisotopic (exact) mass is 439 g/mol. The fourth-order valence-corrected chi connectivity index (χ4v) is 4.14. The minimum atomic E-state index is -1.21. The molecule has 0 spiro atoms. The van der Waals surface area contributed by atoms with Crippen LogP contribution in [0.4, 0.5) is 4.79 Å². The standard InChI is InChI=1S/C25H21N5O3/c1-2-25(18-8-4-3-5-9-18)23(32)30(24(33)27-25)28-22(31)17-12-14-19(15-13-17)29-16-26-20-10-6-7-11-21(20)29/h3-16H,2H2,1H3,(H,27,33)(H,28,31)/t25-/m0/s1. The van der Waals surface area contributed by atoms with Crippen LogP contribution in [0.3, 0.4) is 0 Å². The van der Waals surface area contributed by atoms with Crippen molar-refractivity contribution in [3.05, 3.63) is 96.3 Å². The summed E-state index contributed by atoms with van der Waals surface area (Å²) < 4.78 is 1.92. The first-order valence-electron chi connectivity index (χ1n) is 10.6. The average Bonchev–Trinajstić information content (AvgIpc) is 3.39. The Morgan fingerprint density at radius 3 is 2.39 bits per heavy atom. The Balaban J connectivity index is 1.36. The number of imidazole rings is 1. The van der Waals surface area contributed by atoms with Crippen molar-refractivity contribution >= 4 is 28.9 Å². The molecule has 1 aromatic heterocycles. The number of para-hydroxylation sites is 2. The van der Waals surface area contributed by atoms with Crippen LogP contribution in [0.15, 0.2) is 85.2 Å². The molecule has 4 amide bonds. The van der Waals surface area contributed by atoms with Crippen LogP contribution in [0.1, 0.15) is 29.3 Å². The van der Waals surface area contributed by atoms with Crippen LogP contribution in [-0.2, 0) is 10.3 Å². The van der Waals surface area contributed by atoms with E-state index in [1.807, 2.05) is 41.8 Å². The number of amides is 4. The highest BCUT2D eigenvalue weighted by molar-refractivity contribution is 6.09. The molecule has 1 saturated heterocycles. The maximum atomic E-state index is 13.2. The molecule has 0 bridgehead atoms. The van der Waals surface area contributed by atoms with Gasteiger partial charge in [-0.3, -0.25) is 19.6 Å². The summed E-state index contributed by atoms with van der Waals surface area (Å²) in [5.41, 5.74) is 4.88. The van der Waals surface area contributed by atoms with E-state index in [1.54, 1.807) is 54.9 Å². The minimum absolute atomic E-state index is 0.317. The summed E-state index contributed by atoms with van der Waals surface area (Å²) >= 11 is 0. The van der Waals surface area contributed by atoms with E-state index in [0.717, 1.165) is 21.7 Å². The van der Waals surface area contributed by atoms with Gasteiger partial charge in [0.05, 0.1) is 11.0 Å². The highest BCUT2D eigenvalue weighted by Crippen LogP contribution is 2.31. The summed E-state index contributed by atoms with van der Waals surface area (Å²) in [6, 6.07) is 23.0. The van der Waals surface area contributed by atoms with E-state index >= 15 is 0 Å². The van der Waals surface area contributed by atoms with Crippen LogP contribution in [0.5, 0.6) is 0 Å². The van der Waals surface area contributed by atoms with Crippen LogP contribution >= 0.6 is 0 Å². The Morgan fingerprint density at radius 2 is 1.67 bits per heavy atom. The summed E-state index contributed by atoms with van der Waals surface area (Å²) in [5.74, 6) is -1.07. The summed E-state index contributed by atoms with van der Waals surface area (Å²) in [4.78, 5) is 43.0. The van der Waals surface area contributed by atoms with E-state index in [-0.39, 0.29) is 0 Å². The van der Waals surface area contributed by atoms with Gasteiger partial charge in [0.1, 0.15) is 11.9 Å². The maximum Gasteiger partial charge on any atom is 0.344 e. The lowest BCUT2D eigenvalue weighted by atomic mass is 9.87. The number of aromatic nitrogens is 2. The molecule has 33 heavy (non-hydrogen) atoms. The van der Waals surface area contributed by atoms with E-state index in [4.69, 9.17) is 0 Å². The molecule has 8 heteroatoms. The molecule has 0 aliphatic carbocycles. The van der Waals surface area contributed by atoms with Gasteiger partial charge < -0.3 is 5.32 Å². The van der Waals surface area contributed by atoms with E-state index in [1.165, 1.54) is 0 Å². The van der Waals surface area contributed by atoms with Crippen molar-refractivity contribution in [1.29, 1.82) is 0 Å². The lowest BCUT2D eigenvalue weighted by Crippen LogP contribution is -2.48. The molecule has 1 atom stereocenters. The molecule has 2 N–H and O–H groups in total. The van der Waals surface area contributed by atoms with E-state index in [2.05, 4.69) is 15.7 Å². The van der Waals surface area contributed by atoms with Crippen molar-refractivity contribution in [2.24, 2.45) is 0 Å². The molecular formula is C25H21N5O3. The SMILES string of the molecule is CC[C@@]1(c2ccccc2)NC(=O)N(NC(=O)c2ccc(-n3cnc4ccccc43)cc2)C1=O. The lowest BCUT2D eigenvalue weighted by Gasteiger charge is -2.25. The molecule has 0 saturated carbocycles. The van der Waals surface area contributed by atoms with Gasteiger partial charge in [-0.15, -0.1) is 0 Å². The van der Waals surface area contributed by atoms with E-state index < -0.39 is 23.4 Å². The molecule has 4 aromatic rings. The normalized spacial score (nSPS) is 17.9. The number of carbonyl (C=O) groups excluding carboxylic acids is 3. The Kier molecular flexibility index (Phi) is 4.90. The first-order valence-corrected chi connectivity index (χ1v) is 10.6. The number of fused-ring (bicyclic) bond motifs is 1. The van der Waals surface area contributed by atoms with Gasteiger partial charge in [0.25, 0.3) is 11.8 Å². The molecule has 164 valence electrons. The van der Waals surface area contributed by atoms with Crippen LogP contribution in [0.2, 0.25) is 0 Å². The van der Waals surface area contributed by atoms with Gasteiger partial charge in [0, 0.05) is 11.3 Å². The van der Waals surface area contributed by atoms with Gasteiger partial charge >= 0.3 is 6.03 Å². The number of nitrogens with zero attached hydrogens (tertiary/aromatic N) is 3. The molecule has 1 fully saturated rings. The Bertz CT molecular complexity index is 1360. The molecule has 1 aliphatic heterocycles. The highest BCUT2D eigenvalue weighted by Gasteiger charge is 2.52. The fraction of sp³-hybridized carbons (Fsp3) is 0.120. The quantitative estimate of drug-likeness (QED) is 0.465. The van der Waals surface area contributed by atoms with Crippen molar-refractivity contribution in [2.75, 3.05) is 0 Å². The Labute approximate surface area is 189 Å². The molecule has 3 aromatic carbocycles. The first kappa shape index (κ1) is 20.4. The minimum Gasteiger partial charge on any atom is -0.318 e. The molecule has 8 nitrogen and oxygen atoms in total. The number of imide groups is 1. The number of urea groups is 1. The van der Waals surface area contributed by atoms with Gasteiger partial charge in [-0.1, -0.05) is 49.4 Å². The predicted molar refractivity (Wildman–Crippen MR) is 122 cm³/mol. The van der Waals surface area contributed by atoms with E-state index in [0.29, 0.717) is 17.5 Å². The maximum absolute atomic E-state index is 13.2. The number of nitrogens with one attached hydrogen (secondary N) is 2. The fourth-order valence-electron chi connectivity index (χ4n) is 4.14. The van der Waals surface area contributed by atoms with Crippen molar-refractivity contribution < 1.29 is 14.4 Å². The Morgan fingerprint density at radius 1 is 0.970 bits per heavy atom. The molecule has 0 radical (unpaired) electrons.